The fourth-order valence-electron chi connectivity index (χ4n) is 4.87. The summed E-state index contributed by atoms with van der Waals surface area (Å²) in [5.74, 6) is 0.0540. The molecule has 9 nitrogen and oxygen atoms in total. The zero-order valence-corrected chi connectivity index (χ0v) is 20.0. The van der Waals surface area contributed by atoms with E-state index < -0.39 is 10.9 Å². The number of nitriles is 1. The molecule has 0 bridgehead atoms. The van der Waals surface area contributed by atoms with Crippen molar-refractivity contribution in [2.24, 2.45) is 5.92 Å². The topological polar surface area (TPSA) is 120 Å². The Morgan fingerprint density at radius 3 is 2.46 bits per heavy atom. The lowest BCUT2D eigenvalue weighted by molar-refractivity contribution is -0.384. The molecule has 2 fully saturated rings. The third-order valence-corrected chi connectivity index (χ3v) is 7.10. The minimum Gasteiger partial charge on any atom is -0.490 e. The molecular weight excluding hydrogens is 472 g/mol. The van der Waals surface area contributed by atoms with Crippen molar-refractivity contribution in [3.63, 3.8) is 0 Å². The van der Waals surface area contributed by atoms with Crippen LogP contribution < -0.4 is 9.64 Å². The Bertz CT molecular complexity index is 1140. The predicted octanol–water partition coefficient (Wildman–Crippen LogP) is 4.58. The molecule has 2 heterocycles. The van der Waals surface area contributed by atoms with Gasteiger partial charge in [-0.15, -0.1) is 0 Å². The molecule has 0 spiro atoms. The van der Waals surface area contributed by atoms with Crippen molar-refractivity contribution in [1.82, 2.24) is 4.90 Å². The predicted molar refractivity (Wildman–Crippen MR) is 131 cm³/mol. The second kappa shape index (κ2) is 10.9. The van der Waals surface area contributed by atoms with Crippen LogP contribution in [0.3, 0.4) is 0 Å². The van der Waals surface area contributed by atoms with Gasteiger partial charge >= 0.3 is 5.97 Å². The molecule has 2 aliphatic heterocycles. The third-order valence-electron chi connectivity index (χ3n) is 6.79. The van der Waals surface area contributed by atoms with E-state index in [4.69, 9.17) is 21.6 Å². The first-order chi connectivity index (χ1) is 16.8. The molecule has 1 N–H and O–H groups in total. The molecule has 2 aromatic rings. The summed E-state index contributed by atoms with van der Waals surface area (Å²) in [7, 11) is 0. The summed E-state index contributed by atoms with van der Waals surface area (Å²) in [5, 5.41) is 30.0. The molecule has 35 heavy (non-hydrogen) atoms. The fourth-order valence-corrected chi connectivity index (χ4v) is 5.08. The van der Waals surface area contributed by atoms with Crippen molar-refractivity contribution in [3.05, 3.63) is 62.7 Å². The van der Waals surface area contributed by atoms with Crippen molar-refractivity contribution in [2.45, 2.75) is 31.8 Å². The second-order valence-corrected chi connectivity index (χ2v) is 9.47. The van der Waals surface area contributed by atoms with E-state index in [1.807, 2.05) is 11.0 Å². The third kappa shape index (κ3) is 6.02. The lowest BCUT2D eigenvalue weighted by atomic mass is 9.94. The van der Waals surface area contributed by atoms with Crippen LogP contribution in [0.15, 0.2) is 36.4 Å². The average molecular weight is 499 g/mol. The SMILES string of the molecule is N#Cc1ccc(OC2CCN(CC3CCN(c4ccc([N+](=O)[O-])cc4C(=O)O)CC3)CC2)cc1Cl. The number of carboxylic acids is 1. The Morgan fingerprint density at radius 1 is 1.14 bits per heavy atom. The number of aromatic carboxylic acids is 1. The summed E-state index contributed by atoms with van der Waals surface area (Å²) >= 11 is 6.10. The number of nitro benzene ring substituents is 1. The lowest BCUT2D eigenvalue weighted by Gasteiger charge is -2.38. The summed E-state index contributed by atoms with van der Waals surface area (Å²) in [4.78, 5) is 26.6. The van der Waals surface area contributed by atoms with Gasteiger partial charge in [0.05, 0.1) is 26.8 Å². The molecule has 0 radical (unpaired) electrons. The maximum absolute atomic E-state index is 11.7. The zero-order valence-electron chi connectivity index (χ0n) is 19.2. The number of non-ortho nitro benzene ring substituents is 1. The van der Waals surface area contributed by atoms with E-state index in [9.17, 15) is 20.0 Å². The van der Waals surface area contributed by atoms with Crippen molar-refractivity contribution in [3.8, 4) is 11.8 Å². The Hall–Kier alpha value is -3.35. The van der Waals surface area contributed by atoms with E-state index in [0.717, 1.165) is 64.5 Å². The van der Waals surface area contributed by atoms with Gasteiger partial charge in [0.15, 0.2) is 0 Å². The van der Waals surface area contributed by atoms with E-state index in [-0.39, 0.29) is 17.4 Å². The standard InChI is InChI=1S/C25H27ClN4O5/c26-23-14-21(3-1-18(23)15-27)35-20-7-9-28(10-8-20)16-17-5-11-29(12-6-17)24-4-2-19(30(33)34)13-22(24)25(31)32/h1-4,13-14,17,20H,5-12,16H2,(H,31,32). The number of halogens is 1. The molecule has 0 atom stereocenters. The minimum absolute atomic E-state index is 0.0247. The Balaban J connectivity index is 1.25. The number of nitrogens with zero attached hydrogens (tertiary/aromatic N) is 4. The zero-order chi connectivity index (χ0) is 24.9. The summed E-state index contributed by atoms with van der Waals surface area (Å²) in [6, 6.07) is 11.3. The van der Waals surface area contributed by atoms with Crippen molar-refractivity contribution in [1.29, 1.82) is 5.26 Å². The van der Waals surface area contributed by atoms with E-state index >= 15 is 0 Å². The molecule has 184 valence electrons. The number of carboxylic acid groups (broad SMARTS) is 1. The number of benzene rings is 2. The maximum atomic E-state index is 11.7. The number of likely N-dealkylation sites (tertiary alicyclic amines) is 1. The van der Waals surface area contributed by atoms with Crippen LogP contribution in [0.4, 0.5) is 11.4 Å². The van der Waals surface area contributed by atoms with Gasteiger partial charge in [-0.05, 0) is 49.8 Å². The first kappa shape index (κ1) is 24.8. The van der Waals surface area contributed by atoms with Crippen molar-refractivity contribution >= 4 is 28.9 Å². The van der Waals surface area contributed by atoms with Gasteiger partial charge in [-0.2, -0.15) is 5.26 Å². The molecule has 0 aliphatic carbocycles. The van der Waals surface area contributed by atoms with Gasteiger partial charge in [-0.1, -0.05) is 11.6 Å². The van der Waals surface area contributed by atoms with Crippen LogP contribution in [0.25, 0.3) is 0 Å². The van der Waals surface area contributed by atoms with E-state index in [2.05, 4.69) is 4.90 Å². The molecule has 0 amide bonds. The normalized spacial score (nSPS) is 17.7. The summed E-state index contributed by atoms with van der Waals surface area (Å²) in [5.41, 5.74) is 0.744. The highest BCUT2D eigenvalue weighted by molar-refractivity contribution is 6.31. The highest BCUT2D eigenvalue weighted by atomic mass is 35.5. The van der Waals surface area contributed by atoms with Crippen LogP contribution in [0.1, 0.15) is 41.6 Å². The molecule has 2 saturated heterocycles. The number of carbonyl (C=O) groups is 1. The quantitative estimate of drug-likeness (QED) is 0.435. The molecule has 0 saturated carbocycles. The number of rotatable bonds is 7. The molecule has 2 aromatic carbocycles. The van der Waals surface area contributed by atoms with E-state index in [0.29, 0.717) is 27.9 Å². The largest absolute Gasteiger partial charge is 0.490 e. The fraction of sp³-hybridized carbons (Fsp3) is 0.440. The number of ether oxygens (including phenoxy) is 1. The average Bonchev–Trinajstić information content (AvgIpc) is 2.85. The van der Waals surface area contributed by atoms with Crippen LogP contribution in [-0.4, -0.2) is 59.7 Å². The molecule has 2 aliphatic rings. The number of anilines is 1. The highest BCUT2D eigenvalue weighted by Crippen LogP contribution is 2.30. The monoisotopic (exact) mass is 498 g/mol. The maximum Gasteiger partial charge on any atom is 0.338 e. The van der Waals surface area contributed by atoms with Crippen LogP contribution in [0.5, 0.6) is 5.75 Å². The van der Waals surface area contributed by atoms with Gasteiger partial charge in [0.25, 0.3) is 5.69 Å². The summed E-state index contributed by atoms with van der Waals surface area (Å²) in [6.07, 6.45) is 3.84. The first-order valence-corrected chi connectivity index (χ1v) is 12.1. The Morgan fingerprint density at radius 2 is 1.86 bits per heavy atom. The van der Waals surface area contributed by atoms with Gasteiger partial charge in [0.2, 0.25) is 0 Å². The van der Waals surface area contributed by atoms with Gasteiger partial charge in [-0.25, -0.2) is 4.79 Å². The smallest absolute Gasteiger partial charge is 0.338 e. The number of hydrogen-bond donors (Lipinski definition) is 1. The molecule has 0 unspecified atom stereocenters. The number of nitro groups is 1. The highest BCUT2D eigenvalue weighted by Gasteiger charge is 2.27. The Kier molecular flexibility index (Phi) is 7.73. The van der Waals surface area contributed by atoms with Crippen LogP contribution >= 0.6 is 11.6 Å². The van der Waals surface area contributed by atoms with Crippen molar-refractivity contribution < 1.29 is 19.6 Å². The molecule has 0 aromatic heterocycles. The second-order valence-electron chi connectivity index (χ2n) is 9.07. The van der Waals surface area contributed by atoms with Gasteiger partial charge in [0.1, 0.15) is 17.9 Å². The van der Waals surface area contributed by atoms with E-state index in [1.54, 1.807) is 24.3 Å². The van der Waals surface area contributed by atoms with Gasteiger partial charge in [0, 0.05) is 50.9 Å². The number of hydrogen-bond acceptors (Lipinski definition) is 7. The van der Waals surface area contributed by atoms with Crippen molar-refractivity contribution in [2.75, 3.05) is 37.6 Å². The van der Waals surface area contributed by atoms with E-state index in [1.165, 1.54) is 6.07 Å². The van der Waals surface area contributed by atoms with Crippen LogP contribution in [0, 0.1) is 27.4 Å². The Labute approximate surface area is 208 Å². The van der Waals surface area contributed by atoms with Gasteiger partial charge in [-0.3, -0.25) is 10.1 Å². The number of piperidine rings is 2. The molecule has 4 rings (SSSR count). The summed E-state index contributed by atoms with van der Waals surface area (Å²) < 4.78 is 6.07. The first-order valence-electron chi connectivity index (χ1n) is 11.7. The summed E-state index contributed by atoms with van der Waals surface area (Å²) in [6.45, 7) is 4.33. The molecule has 10 heteroatoms. The minimum atomic E-state index is -1.15. The van der Waals surface area contributed by atoms with Crippen LogP contribution in [0.2, 0.25) is 5.02 Å². The van der Waals surface area contributed by atoms with Gasteiger partial charge < -0.3 is 19.6 Å². The van der Waals surface area contributed by atoms with Crippen LogP contribution in [-0.2, 0) is 0 Å². The lowest BCUT2D eigenvalue weighted by Crippen LogP contribution is -2.43. The molecular formula is C25H27ClN4O5.